The summed E-state index contributed by atoms with van der Waals surface area (Å²) in [6.07, 6.45) is 0. The number of ether oxygens (including phenoxy) is 2. The van der Waals surface area contributed by atoms with Crippen LogP contribution in [0.2, 0.25) is 0 Å². The van der Waals surface area contributed by atoms with Crippen molar-refractivity contribution >= 4 is 21.5 Å². The molecule has 0 bridgehead atoms. The van der Waals surface area contributed by atoms with Gasteiger partial charge in [0.05, 0.1) is 10.8 Å². The van der Waals surface area contributed by atoms with E-state index in [0.717, 1.165) is 45.3 Å². The smallest absolute Gasteiger partial charge is 0.131 e. The molecule has 0 saturated heterocycles. The number of hydrogen-bond donors (Lipinski definition) is 0. The van der Waals surface area contributed by atoms with E-state index in [2.05, 4.69) is 170 Å². The van der Waals surface area contributed by atoms with Crippen molar-refractivity contribution in [1.82, 2.24) is 0 Å². The molecule has 0 unspecified atom stereocenters. The van der Waals surface area contributed by atoms with Gasteiger partial charge < -0.3 is 9.47 Å². The standard InChI is InChI=1S/C46H28O2/c1-2-14-31-29(13-1)25-26-30-27-28-38-44(43(30)31)32-15-3-4-16-33(32)45(34-17-5-9-21-39(34)47-40-22-10-6-18-35(40)45)46(38)36-19-7-11-23-41(36)48-42-24-12-8-20-37(42)46/h1-28H. The second-order valence-corrected chi connectivity index (χ2v) is 13.1. The van der Waals surface area contributed by atoms with Gasteiger partial charge in [-0.1, -0.05) is 146 Å². The summed E-state index contributed by atoms with van der Waals surface area (Å²) >= 11 is 0. The molecule has 0 amide bonds. The van der Waals surface area contributed by atoms with Crippen molar-refractivity contribution in [1.29, 1.82) is 0 Å². The molecule has 2 aliphatic heterocycles. The van der Waals surface area contributed by atoms with Gasteiger partial charge in [0.15, 0.2) is 0 Å². The first kappa shape index (κ1) is 26.0. The zero-order chi connectivity index (χ0) is 31.5. The Hall–Kier alpha value is -6.12. The Kier molecular flexibility index (Phi) is 5.01. The summed E-state index contributed by atoms with van der Waals surface area (Å²) in [5, 5.41) is 5.01. The van der Waals surface area contributed by atoms with Crippen LogP contribution in [0, 0.1) is 0 Å². The van der Waals surface area contributed by atoms with E-state index in [-0.39, 0.29) is 0 Å². The molecule has 2 heteroatoms. The molecule has 11 rings (SSSR count). The molecule has 2 heterocycles. The van der Waals surface area contributed by atoms with E-state index >= 15 is 0 Å². The van der Waals surface area contributed by atoms with Crippen LogP contribution in [-0.2, 0) is 10.8 Å². The zero-order valence-corrected chi connectivity index (χ0v) is 26.0. The number of fused-ring (bicyclic) bond motifs is 18. The fourth-order valence-electron chi connectivity index (χ4n) is 9.50. The Morgan fingerprint density at radius 1 is 0.312 bits per heavy atom. The van der Waals surface area contributed by atoms with Gasteiger partial charge in [-0.15, -0.1) is 0 Å². The molecule has 0 saturated carbocycles. The maximum atomic E-state index is 6.84. The predicted octanol–water partition coefficient (Wildman–Crippen LogP) is 11.6. The van der Waals surface area contributed by atoms with Crippen molar-refractivity contribution in [3.05, 3.63) is 203 Å². The molecule has 2 spiro atoms. The van der Waals surface area contributed by atoms with Gasteiger partial charge in [0.2, 0.25) is 0 Å². The lowest BCUT2D eigenvalue weighted by molar-refractivity contribution is 0.319. The summed E-state index contributed by atoms with van der Waals surface area (Å²) in [4.78, 5) is 0. The van der Waals surface area contributed by atoms with Gasteiger partial charge in [-0.25, -0.2) is 0 Å². The number of hydrogen-bond acceptors (Lipinski definition) is 2. The molecular weight excluding hydrogens is 585 g/mol. The zero-order valence-electron chi connectivity index (χ0n) is 26.0. The van der Waals surface area contributed by atoms with E-state index in [9.17, 15) is 0 Å². The third kappa shape index (κ3) is 2.95. The Morgan fingerprint density at radius 3 is 1.31 bits per heavy atom. The first-order chi connectivity index (χ1) is 23.8. The molecule has 3 aliphatic rings. The normalized spacial score (nSPS) is 15.3. The monoisotopic (exact) mass is 612 g/mol. The maximum Gasteiger partial charge on any atom is 0.131 e. The van der Waals surface area contributed by atoms with E-state index in [1.54, 1.807) is 0 Å². The van der Waals surface area contributed by atoms with Gasteiger partial charge in [0, 0.05) is 22.3 Å². The van der Waals surface area contributed by atoms with Gasteiger partial charge >= 0.3 is 0 Å². The molecule has 1 aliphatic carbocycles. The Bertz CT molecular complexity index is 2560. The summed E-state index contributed by atoms with van der Waals surface area (Å²) in [6.45, 7) is 0. The van der Waals surface area contributed by atoms with Gasteiger partial charge in [-0.3, -0.25) is 0 Å². The average molecular weight is 613 g/mol. The van der Waals surface area contributed by atoms with Gasteiger partial charge in [0.1, 0.15) is 23.0 Å². The highest BCUT2D eigenvalue weighted by atomic mass is 16.5. The molecule has 2 nitrogen and oxygen atoms in total. The minimum absolute atomic E-state index is 0.726. The molecule has 8 aromatic carbocycles. The van der Waals surface area contributed by atoms with Crippen molar-refractivity contribution in [2.24, 2.45) is 0 Å². The lowest BCUT2D eigenvalue weighted by Crippen LogP contribution is -2.56. The number of para-hydroxylation sites is 4. The van der Waals surface area contributed by atoms with E-state index in [0.29, 0.717) is 0 Å². The summed E-state index contributed by atoms with van der Waals surface area (Å²) in [5.41, 5.74) is 8.15. The van der Waals surface area contributed by atoms with E-state index < -0.39 is 10.8 Å². The van der Waals surface area contributed by atoms with Crippen LogP contribution in [0.25, 0.3) is 32.7 Å². The van der Waals surface area contributed by atoms with Gasteiger partial charge in [-0.05, 0) is 68.1 Å². The van der Waals surface area contributed by atoms with Crippen LogP contribution < -0.4 is 9.47 Å². The molecule has 0 fully saturated rings. The second kappa shape index (κ2) is 9.24. The third-order valence-electron chi connectivity index (χ3n) is 11.1. The van der Waals surface area contributed by atoms with E-state index in [1.807, 2.05) is 0 Å². The predicted molar refractivity (Wildman–Crippen MR) is 193 cm³/mol. The van der Waals surface area contributed by atoms with Crippen LogP contribution in [0.15, 0.2) is 170 Å². The number of rotatable bonds is 0. The summed E-state index contributed by atoms with van der Waals surface area (Å²) in [5.74, 6) is 3.50. The van der Waals surface area contributed by atoms with Crippen LogP contribution in [-0.4, -0.2) is 0 Å². The summed E-state index contributed by atoms with van der Waals surface area (Å²) < 4.78 is 13.7. The minimum Gasteiger partial charge on any atom is -0.457 e. The molecule has 0 N–H and O–H groups in total. The van der Waals surface area contributed by atoms with Crippen molar-refractivity contribution in [2.45, 2.75) is 10.8 Å². The molecule has 0 atom stereocenters. The molecule has 0 aromatic heterocycles. The fraction of sp³-hybridized carbons (Fsp3) is 0.0435. The number of benzene rings is 8. The van der Waals surface area contributed by atoms with E-state index in [1.165, 1.54) is 43.8 Å². The van der Waals surface area contributed by atoms with Gasteiger partial charge in [-0.2, -0.15) is 0 Å². The first-order valence-corrected chi connectivity index (χ1v) is 16.6. The quantitative estimate of drug-likeness (QED) is 0.159. The van der Waals surface area contributed by atoms with Crippen molar-refractivity contribution in [3.63, 3.8) is 0 Å². The highest BCUT2D eigenvalue weighted by molar-refractivity contribution is 6.16. The SMILES string of the molecule is c1ccc2c(c1)Oc1ccccc1C21c2ccccc2-c2c(ccc3ccc4ccccc4c23)C12c1ccccc1Oc1ccccc12. The molecular formula is C46H28O2. The van der Waals surface area contributed by atoms with Crippen LogP contribution >= 0.6 is 0 Å². The fourth-order valence-corrected chi connectivity index (χ4v) is 9.50. The Labute approximate surface area is 278 Å². The summed E-state index contributed by atoms with van der Waals surface area (Å²) in [6, 6.07) is 61.9. The van der Waals surface area contributed by atoms with Crippen molar-refractivity contribution < 1.29 is 9.47 Å². The lowest BCUT2D eigenvalue weighted by atomic mass is 9.42. The van der Waals surface area contributed by atoms with Crippen LogP contribution in [0.1, 0.15) is 33.4 Å². The van der Waals surface area contributed by atoms with Crippen molar-refractivity contribution in [3.8, 4) is 34.1 Å². The second-order valence-electron chi connectivity index (χ2n) is 13.1. The van der Waals surface area contributed by atoms with Crippen LogP contribution in [0.4, 0.5) is 0 Å². The molecule has 0 radical (unpaired) electrons. The van der Waals surface area contributed by atoms with Gasteiger partial charge in [0.25, 0.3) is 0 Å². The summed E-state index contributed by atoms with van der Waals surface area (Å²) in [7, 11) is 0. The first-order valence-electron chi connectivity index (χ1n) is 16.6. The largest absolute Gasteiger partial charge is 0.457 e. The Morgan fingerprint density at radius 2 is 0.729 bits per heavy atom. The molecule has 48 heavy (non-hydrogen) atoms. The minimum atomic E-state index is -0.747. The van der Waals surface area contributed by atoms with E-state index in [4.69, 9.17) is 9.47 Å². The maximum absolute atomic E-state index is 6.84. The average Bonchev–Trinajstić information content (AvgIpc) is 3.15. The topological polar surface area (TPSA) is 18.5 Å². The lowest BCUT2D eigenvalue weighted by Gasteiger charge is -2.59. The highest BCUT2D eigenvalue weighted by Crippen LogP contribution is 2.72. The highest BCUT2D eigenvalue weighted by Gasteiger charge is 2.66. The Balaban J connectivity index is 1.49. The third-order valence-corrected chi connectivity index (χ3v) is 11.1. The molecule has 8 aromatic rings. The van der Waals surface area contributed by atoms with Crippen LogP contribution in [0.3, 0.4) is 0 Å². The molecule has 224 valence electrons. The van der Waals surface area contributed by atoms with Crippen molar-refractivity contribution in [2.75, 3.05) is 0 Å². The van der Waals surface area contributed by atoms with Crippen LogP contribution in [0.5, 0.6) is 23.0 Å².